The number of likely N-dealkylation sites (tertiary alicyclic amines) is 1. The molecule has 1 saturated heterocycles. The van der Waals surface area contributed by atoms with Crippen molar-refractivity contribution in [2.75, 3.05) is 13.1 Å². The Morgan fingerprint density at radius 3 is 2.52 bits per heavy atom. The van der Waals surface area contributed by atoms with Gasteiger partial charge in [-0.2, -0.15) is 0 Å². The Morgan fingerprint density at radius 1 is 1.29 bits per heavy atom. The molecule has 1 saturated carbocycles. The molecule has 0 bridgehead atoms. The highest BCUT2D eigenvalue weighted by atomic mass is 35.5. The molecular formula is C15H17ClN2O3. The molecule has 1 aliphatic heterocycles. The van der Waals surface area contributed by atoms with Crippen LogP contribution in [-0.2, 0) is 14.9 Å². The number of primary amides is 1. The van der Waals surface area contributed by atoms with E-state index in [0.717, 1.165) is 18.4 Å². The van der Waals surface area contributed by atoms with Gasteiger partial charge in [-0.15, -0.1) is 0 Å². The fourth-order valence-corrected chi connectivity index (χ4v) is 3.12. The zero-order chi connectivity index (χ0) is 15.0. The van der Waals surface area contributed by atoms with E-state index in [4.69, 9.17) is 22.1 Å². The van der Waals surface area contributed by atoms with Crippen molar-refractivity contribution in [3.8, 4) is 0 Å². The molecule has 1 aliphatic carbocycles. The largest absolute Gasteiger partial charge is 0.444 e. The van der Waals surface area contributed by atoms with Gasteiger partial charge in [0, 0.05) is 18.0 Å². The lowest BCUT2D eigenvalue weighted by molar-refractivity contribution is -0.133. The second-order valence-corrected chi connectivity index (χ2v) is 6.12. The zero-order valence-corrected chi connectivity index (χ0v) is 12.3. The number of benzene rings is 1. The molecular weight excluding hydrogens is 292 g/mol. The highest BCUT2D eigenvalue weighted by Crippen LogP contribution is 2.50. The maximum Gasteiger partial charge on any atom is 0.404 e. The average Bonchev–Trinajstić information content (AvgIpc) is 3.13. The number of amides is 2. The highest BCUT2D eigenvalue weighted by molar-refractivity contribution is 6.30. The number of carbonyl (C=O) groups is 2. The Labute approximate surface area is 128 Å². The molecule has 3 rings (SSSR count). The Hall–Kier alpha value is -1.75. The van der Waals surface area contributed by atoms with E-state index in [2.05, 4.69) is 0 Å². The van der Waals surface area contributed by atoms with Gasteiger partial charge < -0.3 is 15.4 Å². The van der Waals surface area contributed by atoms with Crippen LogP contribution in [0.2, 0.25) is 5.02 Å². The average molecular weight is 309 g/mol. The molecule has 21 heavy (non-hydrogen) atoms. The van der Waals surface area contributed by atoms with E-state index < -0.39 is 11.5 Å². The van der Waals surface area contributed by atoms with Crippen molar-refractivity contribution < 1.29 is 14.3 Å². The Morgan fingerprint density at radius 2 is 1.95 bits per heavy atom. The van der Waals surface area contributed by atoms with E-state index in [1.54, 1.807) is 4.90 Å². The van der Waals surface area contributed by atoms with Crippen LogP contribution in [0.1, 0.15) is 24.8 Å². The first-order valence-electron chi connectivity index (χ1n) is 7.03. The number of nitrogens with two attached hydrogens (primary N) is 1. The van der Waals surface area contributed by atoms with Crippen LogP contribution in [0.25, 0.3) is 0 Å². The molecule has 0 unspecified atom stereocenters. The normalized spacial score (nSPS) is 22.9. The van der Waals surface area contributed by atoms with E-state index in [1.807, 2.05) is 24.3 Å². The topological polar surface area (TPSA) is 72.6 Å². The van der Waals surface area contributed by atoms with Gasteiger partial charge in [-0.3, -0.25) is 4.79 Å². The summed E-state index contributed by atoms with van der Waals surface area (Å²) in [6, 6.07) is 7.46. The smallest absolute Gasteiger partial charge is 0.404 e. The maximum atomic E-state index is 12.8. The van der Waals surface area contributed by atoms with Crippen molar-refractivity contribution in [1.29, 1.82) is 0 Å². The fourth-order valence-electron chi connectivity index (χ4n) is 3.00. The van der Waals surface area contributed by atoms with E-state index in [9.17, 15) is 9.59 Å². The zero-order valence-electron chi connectivity index (χ0n) is 11.5. The predicted molar refractivity (Wildman–Crippen MR) is 78.0 cm³/mol. The minimum atomic E-state index is -0.784. The highest BCUT2D eigenvalue weighted by Gasteiger charge is 2.53. The quantitative estimate of drug-likeness (QED) is 0.929. The standard InChI is InChI=1S/C15H17ClN2O3/c16-11-3-1-10(2-4-11)15(6-7-15)13(19)18-8-5-12(9-18)21-14(17)20/h1-4,12H,5-9H2,(H2,17,20)/t12-/m0/s1. The van der Waals surface area contributed by atoms with Crippen LogP contribution in [0.15, 0.2) is 24.3 Å². The third-order valence-corrected chi connectivity index (χ3v) is 4.52. The van der Waals surface area contributed by atoms with Crippen LogP contribution >= 0.6 is 11.6 Å². The molecule has 0 aromatic heterocycles. The second-order valence-electron chi connectivity index (χ2n) is 5.69. The van der Waals surface area contributed by atoms with E-state index in [0.29, 0.717) is 24.5 Å². The number of nitrogens with zero attached hydrogens (tertiary/aromatic N) is 1. The molecule has 1 heterocycles. The molecule has 0 spiro atoms. The van der Waals surface area contributed by atoms with Crippen molar-refractivity contribution in [3.05, 3.63) is 34.9 Å². The monoisotopic (exact) mass is 308 g/mol. The first-order chi connectivity index (χ1) is 10.0. The summed E-state index contributed by atoms with van der Waals surface area (Å²) in [4.78, 5) is 25.3. The summed E-state index contributed by atoms with van der Waals surface area (Å²) in [5.74, 6) is 0.111. The maximum absolute atomic E-state index is 12.8. The van der Waals surface area contributed by atoms with Gasteiger partial charge in [0.1, 0.15) is 6.10 Å². The molecule has 0 radical (unpaired) electrons. The number of hydrogen-bond donors (Lipinski definition) is 1. The summed E-state index contributed by atoms with van der Waals surface area (Å²) < 4.78 is 4.97. The summed E-state index contributed by atoms with van der Waals surface area (Å²) in [5, 5.41) is 0.665. The number of halogens is 1. The lowest BCUT2D eigenvalue weighted by atomic mass is 9.94. The van der Waals surface area contributed by atoms with E-state index >= 15 is 0 Å². The second kappa shape index (κ2) is 5.22. The molecule has 1 aromatic rings. The summed E-state index contributed by atoms with van der Waals surface area (Å²) in [7, 11) is 0. The van der Waals surface area contributed by atoms with Crippen molar-refractivity contribution in [2.24, 2.45) is 5.73 Å². The lowest BCUT2D eigenvalue weighted by Gasteiger charge is -2.23. The Kier molecular flexibility index (Phi) is 3.53. The predicted octanol–water partition coefficient (Wildman–Crippen LogP) is 2.07. The third kappa shape index (κ3) is 2.70. The van der Waals surface area contributed by atoms with Gasteiger partial charge in [-0.05, 0) is 30.5 Å². The Balaban J connectivity index is 1.71. The lowest BCUT2D eigenvalue weighted by Crippen LogP contribution is -2.38. The van der Waals surface area contributed by atoms with Gasteiger partial charge in [0.05, 0.1) is 12.0 Å². The Bertz CT molecular complexity index is 569. The molecule has 2 amide bonds. The van der Waals surface area contributed by atoms with Crippen LogP contribution in [0, 0.1) is 0 Å². The van der Waals surface area contributed by atoms with Crippen molar-refractivity contribution >= 4 is 23.6 Å². The van der Waals surface area contributed by atoms with Crippen LogP contribution < -0.4 is 5.73 Å². The van der Waals surface area contributed by atoms with Gasteiger partial charge in [0.15, 0.2) is 0 Å². The van der Waals surface area contributed by atoms with Gasteiger partial charge >= 0.3 is 6.09 Å². The van der Waals surface area contributed by atoms with Crippen LogP contribution in [0.4, 0.5) is 4.79 Å². The number of ether oxygens (including phenoxy) is 1. The molecule has 6 heteroatoms. The van der Waals surface area contributed by atoms with Gasteiger partial charge in [0.25, 0.3) is 0 Å². The van der Waals surface area contributed by atoms with Gasteiger partial charge in [-0.25, -0.2) is 4.79 Å². The minimum Gasteiger partial charge on any atom is -0.444 e. The van der Waals surface area contributed by atoms with E-state index in [-0.39, 0.29) is 12.0 Å². The number of carbonyl (C=O) groups excluding carboxylic acids is 2. The van der Waals surface area contributed by atoms with Crippen molar-refractivity contribution in [2.45, 2.75) is 30.8 Å². The summed E-state index contributed by atoms with van der Waals surface area (Å²) >= 11 is 5.90. The fraction of sp³-hybridized carbons (Fsp3) is 0.467. The molecule has 5 nitrogen and oxygen atoms in total. The van der Waals surface area contributed by atoms with Crippen LogP contribution in [0.5, 0.6) is 0 Å². The molecule has 1 atom stereocenters. The van der Waals surface area contributed by atoms with Crippen molar-refractivity contribution in [3.63, 3.8) is 0 Å². The molecule has 112 valence electrons. The van der Waals surface area contributed by atoms with Crippen LogP contribution in [-0.4, -0.2) is 36.1 Å². The number of hydrogen-bond acceptors (Lipinski definition) is 3. The molecule has 2 N–H and O–H groups in total. The van der Waals surface area contributed by atoms with E-state index in [1.165, 1.54) is 0 Å². The van der Waals surface area contributed by atoms with Crippen molar-refractivity contribution in [1.82, 2.24) is 4.90 Å². The summed E-state index contributed by atoms with van der Waals surface area (Å²) in [6.07, 6.45) is 1.28. The molecule has 2 aliphatic rings. The van der Waals surface area contributed by atoms with Gasteiger partial charge in [-0.1, -0.05) is 23.7 Å². The first-order valence-corrected chi connectivity index (χ1v) is 7.40. The van der Waals surface area contributed by atoms with Crippen LogP contribution in [0.3, 0.4) is 0 Å². The third-order valence-electron chi connectivity index (χ3n) is 4.27. The summed E-state index contributed by atoms with van der Waals surface area (Å²) in [6.45, 7) is 1.03. The SMILES string of the molecule is NC(=O)O[C@H]1CCN(C(=O)C2(c3ccc(Cl)cc3)CC2)C1. The summed E-state index contributed by atoms with van der Waals surface area (Å²) in [5.41, 5.74) is 5.62. The molecule has 2 fully saturated rings. The number of rotatable bonds is 3. The minimum absolute atomic E-state index is 0.111. The first kappa shape index (κ1) is 14.2. The van der Waals surface area contributed by atoms with Gasteiger partial charge in [0.2, 0.25) is 5.91 Å². The molecule has 1 aromatic carbocycles.